The summed E-state index contributed by atoms with van der Waals surface area (Å²) in [5, 5.41) is 1.04. The van der Waals surface area contributed by atoms with Crippen molar-refractivity contribution in [2.24, 2.45) is 0 Å². The van der Waals surface area contributed by atoms with Crippen molar-refractivity contribution >= 4 is 16.7 Å². The Bertz CT molecular complexity index is 809. The van der Waals surface area contributed by atoms with Crippen molar-refractivity contribution in [3.63, 3.8) is 0 Å². The van der Waals surface area contributed by atoms with Crippen LogP contribution in [0, 0.1) is 11.8 Å². The van der Waals surface area contributed by atoms with Gasteiger partial charge in [0.2, 0.25) is 0 Å². The lowest BCUT2D eigenvalue weighted by molar-refractivity contribution is 0.497. The van der Waals surface area contributed by atoms with Gasteiger partial charge < -0.3 is 9.88 Å². The van der Waals surface area contributed by atoms with Crippen molar-refractivity contribution in [3.8, 4) is 11.8 Å². The van der Waals surface area contributed by atoms with E-state index in [1.54, 1.807) is 6.20 Å². The zero-order valence-electron chi connectivity index (χ0n) is 12.3. The number of aromatic nitrogens is 2. The molecule has 0 amide bonds. The molecule has 0 radical (unpaired) electrons. The molecule has 2 aromatic heterocycles. The summed E-state index contributed by atoms with van der Waals surface area (Å²) in [5.74, 6) is 6.24. The van der Waals surface area contributed by atoms with Crippen molar-refractivity contribution in [2.75, 3.05) is 25.2 Å². The van der Waals surface area contributed by atoms with Gasteiger partial charge in [0.15, 0.2) is 0 Å². The number of nitrogens with one attached hydrogen (secondary N) is 1. The van der Waals surface area contributed by atoms with Crippen LogP contribution in [0.15, 0.2) is 48.7 Å². The highest BCUT2D eigenvalue weighted by Gasteiger charge is 2.01. The fourth-order valence-electron chi connectivity index (χ4n) is 2.24. The van der Waals surface area contributed by atoms with Crippen LogP contribution in [0.5, 0.6) is 0 Å². The van der Waals surface area contributed by atoms with Gasteiger partial charge >= 0.3 is 0 Å². The summed E-state index contributed by atoms with van der Waals surface area (Å²) in [6, 6.07) is 13.7. The summed E-state index contributed by atoms with van der Waals surface area (Å²) >= 11 is 0. The number of nitrogens with zero attached hydrogens (tertiary/aromatic N) is 2. The average Bonchev–Trinajstić information content (AvgIpc) is 2.96. The van der Waals surface area contributed by atoms with Gasteiger partial charge in [-0.1, -0.05) is 12.0 Å². The molecule has 4 heteroatoms. The Labute approximate surface area is 128 Å². The molecule has 3 nitrogen and oxygen atoms in total. The number of H-pyrrole nitrogens is 1. The number of rotatable bonds is 3. The molecule has 2 heterocycles. The Morgan fingerprint density at radius 1 is 1.18 bits per heavy atom. The average molecular weight is 293 g/mol. The number of aromatic amines is 1. The second-order valence-corrected chi connectivity index (χ2v) is 5.04. The van der Waals surface area contributed by atoms with Crippen LogP contribution in [0.25, 0.3) is 11.0 Å². The van der Waals surface area contributed by atoms with Crippen LogP contribution in [0.4, 0.5) is 10.1 Å². The van der Waals surface area contributed by atoms with Gasteiger partial charge in [0.1, 0.15) is 12.3 Å². The summed E-state index contributed by atoms with van der Waals surface area (Å²) in [6.45, 7) is 0.0129. The van der Waals surface area contributed by atoms with Crippen molar-refractivity contribution in [1.29, 1.82) is 0 Å². The molecule has 0 unspecified atom stereocenters. The van der Waals surface area contributed by atoms with Crippen LogP contribution in [0.1, 0.15) is 11.3 Å². The second kappa shape index (κ2) is 6.31. The number of halogens is 1. The first-order valence-electron chi connectivity index (χ1n) is 7.09. The first-order chi connectivity index (χ1) is 10.8. The lowest BCUT2D eigenvalue weighted by atomic mass is 10.2. The van der Waals surface area contributed by atoms with Gasteiger partial charge in [-0.3, -0.25) is 0 Å². The second-order valence-electron chi connectivity index (χ2n) is 5.04. The molecule has 1 aromatic carbocycles. The summed E-state index contributed by atoms with van der Waals surface area (Å²) in [4.78, 5) is 9.30. The molecule has 22 heavy (non-hydrogen) atoms. The van der Waals surface area contributed by atoms with Gasteiger partial charge in [-0.05, 0) is 42.3 Å². The molecular formula is C18H16FN3. The van der Waals surface area contributed by atoms with Crippen molar-refractivity contribution in [2.45, 2.75) is 0 Å². The molecule has 3 rings (SSSR count). The maximum Gasteiger partial charge on any atom is 0.138 e. The molecule has 0 aliphatic carbocycles. The maximum absolute atomic E-state index is 12.4. The number of benzene rings is 1. The quantitative estimate of drug-likeness (QED) is 0.751. The lowest BCUT2D eigenvalue weighted by Crippen LogP contribution is -2.19. The molecule has 3 aromatic rings. The predicted octanol–water partition coefficient (Wildman–Crippen LogP) is 3.37. The van der Waals surface area contributed by atoms with Gasteiger partial charge in [-0.2, -0.15) is 0 Å². The van der Waals surface area contributed by atoms with Crippen molar-refractivity contribution in [3.05, 3.63) is 59.9 Å². The van der Waals surface area contributed by atoms with Crippen molar-refractivity contribution in [1.82, 2.24) is 9.97 Å². The first kappa shape index (κ1) is 14.2. The van der Waals surface area contributed by atoms with Gasteiger partial charge in [-0.25, -0.2) is 9.37 Å². The third-order valence-electron chi connectivity index (χ3n) is 3.44. The van der Waals surface area contributed by atoms with E-state index in [-0.39, 0.29) is 6.67 Å². The van der Waals surface area contributed by atoms with Gasteiger partial charge in [0.05, 0.1) is 5.69 Å². The minimum absolute atomic E-state index is 0.367. The van der Waals surface area contributed by atoms with Crippen LogP contribution < -0.4 is 4.90 Å². The van der Waals surface area contributed by atoms with Gasteiger partial charge in [0.25, 0.3) is 0 Å². The predicted molar refractivity (Wildman–Crippen MR) is 87.8 cm³/mol. The molecular weight excluding hydrogens is 277 g/mol. The number of anilines is 1. The fourth-order valence-corrected chi connectivity index (χ4v) is 2.24. The van der Waals surface area contributed by atoms with Crippen LogP contribution >= 0.6 is 0 Å². The zero-order valence-corrected chi connectivity index (χ0v) is 12.3. The minimum atomic E-state index is -0.367. The van der Waals surface area contributed by atoms with E-state index in [9.17, 15) is 4.39 Å². The Balaban J connectivity index is 1.85. The van der Waals surface area contributed by atoms with Crippen LogP contribution in [-0.4, -0.2) is 30.2 Å². The standard InChI is InChI=1S/C18H16FN3/c1-22(11-9-19)17-6-2-4-14(12-17)7-8-16-13-15-5-3-10-20-18(15)21-16/h2-6,10,12-13H,9,11H2,1H3,(H,20,21). The highest BCUT2D eigenvalue weighted by molar-refractivity contribution is 5.77. The molecule has 0 fully saturated rings. The van der Waals surface area contributed by atoms with Gasteiger partial charge in [0, 0.05) is 36.4 Å². The molecule has 0 aliphatic rings. The van der Waals surface area contributed by atoms with E-state index < -0.39 is 0 Å². The van der Waals surface area contributed by atoms with E-state index in [4.69, 9.17) is 0 Å². The number of hydrogen-bond donors (Lipinski definition) is 1. The number of pyridine rings is 1. The first-order valence-corrected chi connectivity index (χ1v) is 7.09. The smallest absolute Gasteiger partial charge is 0.138 e. The maximum atomic E-state index is 12.4. The van der Waals surface area contributed by atoms with Gasteiger partial charge in [-0.15, -0.1) is 0 Å². The summed E-state index contributed by atoms with van der Waals surface area (Å²) in [6.07, 6.45) is 1.75. The Hall–Kier alpha value is -2.80. The minimum Gasteiger partial charge on any atom is -0.372 e. The van der Waals surface area contributed by atoms with E-state index in [2.05, 4.69) is 21.8 Å². The molecule has 1 N–H and O–H groups in total. The fraction of sp³-hybridized carbons (Fsp3) is 0.167. The van der Waals surface area contributed by atoms with E-state index in [0.29, 0.717) is 6.54 Å². The van der Waals surface area contributed by atoms with Crippen LogP contribution in [0.2, 0.25) is 0 Å². The summed E-state index contributed by atoms with van der Waals surface area (Å²) < 4.78 is 12.4. The topological polar surface area (TPSA) is 31.9 Å². The molecule has 0 spiro atoms. The van der Waals surface area contributed by atoms with Crippen LogP contribution in [-0.2, 0) is 0 Å². The molecule has 0 saturated heterocycles. The van der Waals surface area contributed by atoms with E-state index in [1.165, 1.54) is 0 Å². The number of fused-ring (bicyclic) bond motifs is 1. The molecule has 0 atom stereocenters. The number of alkyl halides is 1. The zero-order chi connectivity index (χ0) is 15.4. The molecule has 110 valence electrons. The number of hydrogen-bond acceptors (Lipinski definition) is 2. The largest absolute Gasteiger partial charge is 0.372 e. The summed E-state index contributed by atoms with van der Waals surface area (Å²) in [5.41, 5.74) is 3.53. The van der Waals surface area contributed by atoms with E-state index in [0.717, 1.165) is 28.0 Å². The van der Waals surface area contributed by atoms with E-state index >= 15 is 0 Å². The third kappa shape index (κ3) is 3.09. The summed E-state index contributed by atoms with van der Waals surface area (Å²) in [7, 11) is 1.87. The Kier molecular flexibility index (Phi) is 4.06. The monoisotopic (exact) mass is 293 g/mol. The Morgan fingerprint density at radius 3 is 2.91 bits per heavy atom. The molecule has 0 saturated carbocycles. The molecule has 0 bridgehead atoms. The lowest BCUT2D eigenvalue weighted by Gasteiger charge is -2.17. The molecule has 0 aliphatic heterocycles. The highest BCUT2D eigenvalue weighted by Crippen LogP contribution is 2.15. The third-order valence-corrected chi connectivity index (χ3v) is 3.44. The highest BCUT2D eigenvalue weighted by atomic mass is 19.1. The van der Waals surface area contributed by atoms with Crippen LogP contribution in [0.3, 0.4) is 0 Å². The van der Waals surface area contributed by atoms with Crippen molar-refractivity contribution < 1.29 is 4.39 Å². The van der Waals surface area contributed by atoms with E-state index in [1.807, 2.05) is 54.4 Å². The SMILES string of the molecule is CN(CCF)c1cccc(C#Cc2cc3cccnc3[nH]2)c1. The normalized spacial score (nSPS) is 10.3. The Morgan fingerprint density at radius 2 is 2.09 bits per heavy atom.